The Hall–Kier alpha value is -0.640. The van der Waals surface area contributed by atoms with Gasteiger partial charge in [-0.05, 0) is 59.1 Å². The van der Waals surface area contributed by atoms with E-state index in [1.807, 2.05) is 0 Å². The molecule has 0 bridgehead atoms. The summed E-state index contributed by atoms with van der Waals surface area (Å²) in [5.41, 5.74) is 0.140. The summed E-state index contributed by atoms with van der Waals surface area (Å²) in [5, 5.41) is 8.59. The van der Waals surface area contributed by atoms with Crippen LogP contribution < -0.4 is 4.74 Å². The highest BCUT2D eigenvalue weighted by atomic mass is 35.6. The van der Waals surface area contributed by atoms with Crippen molar-refractivity contribution >= 4 is 40.8 Å². The molecule has 0 amide bonds. The second kappa shape index (κ2) is 4.26. The highest BCUT2D eigenvalue weighted by Gasteiger charge is 2.21. The molecule has 0 aliphatic carbocycles. The minimum Gasteiger partial charge on any atom is -0.478 e. The molecule has 0 aromatic heterocycles. The lowest BCUT2D eigenvalue weighted by molar-refractivity contribution is 0.0697. The highest BCUT2D eigenvalue weighted by Crippen LogP contribution is 2.29. The molecule has 1 rings (SSSR count). The van der Waals surface area contributed by atoms with Gasteiger partial charge in [-0.1, -0.05) is 0 Å². The fourth-order valence-corrected chi connectivity index (χ4v) is 1.07. The van der Waals surface area contributed by atoms with E-state index in [-0.39, 0.29) is 11.3 Å². The molecule has 0 atom stereocenters. The normalized spacial score (nSPS) is 11.1. The molecule has 0 saturated carbocycles. The Balaban J connectivity index is 2.79. The Bertz CT molecular complexity index is 329. The van der Waals surface area contributed by atoms with Gasteiger partial charge >= 0.3 is 9.95 Å². The van der Waals surface area contributed by atoms with Crippen molar-refractivity contribution in [2.45, 2.75) is 3.98 Å². The van der Waals surface area contributed by atoms with E-state index in [2.05, 4.69) is 0 Å². The van der Waals surface area contributed by atoms with Crippen molar-refractivity contribution in [2.75, 3.05) is 0 Å². The fraction of sp³-hybridized carbons (Fsp3) is 0.125. The lowest BCUT2D eigenvalue weighted by Crippen LogP contribution is -2.12. The molecule has 0 radical (unpaired) electrons. The molecular formula is C8H5Cl3O3. The minimum atomic E-state index is -1.84. The molecule has 76 valence electrons. The molecule has 0 aliphatic heterocycles. The van der Waals surface area contributed by atoms with E-state index in [0.29, 0.717) is 0 Å². The second-order valence-corrected chi connectivity index (χ2v) is 4.55. The summed E-state index contributed by atoms with van der Waals surface area (Å²) in [5.74, 6) is -0.736. The molecule has 0 unspecified atom stereocenters. The predicted octanol–water partition coefficient (Wildman–Crippen LogP) is 3.09. The Morgan fingerprint density at radius 3 is 2.07 bits per heavy atom. The molecule has 1 aromatic carbocycles. The van der Waals surface area contributed by atoms with Gasteiger partial charge in [0.05, 0.1) is 5.56 Å². The van der Waals surface area contributed by atoms with Gasteiger partial charge in [-0.25, -0.2) is 4.79 Å². The lowest BCUT2D eigenvalue weighted by atomic mass is 10.2. The summed E-state index contributed by atoms with van der Waals surface area (Å²) < 4.78 is 3.00. The predicted molar refractivity (Wildman–Crippen MR) is 54.3 cm³/mol. The summed E-state index contributed by atoms with van der Waals surface area (Å²) in [4.78, 5) is 10.5. The number of hydrogen-bond acceptors (Lipinski definition) is 2. The van der Waals surface area contributed by atoms with Crippen LogP contribution in [0.1, 0.15) is 10.4 Å². The maximum atomic E-state index is 10.5. The number of carboxylic acid groups (broad SMARTS) is 1. The van der Waals surface area contributed by atoms with Crippen LogP contribution in [0.15, 0.2) is 24.3 Å². The molecule has 14 heavy (non-hydrogen) atoms. The van der Waals surface area contributed by atoms with Crippen molar-refractivity contribution in [1.29, 1.82) is 0 Å². The first kappa shape index (κ1) is 11.4. The van der Waals surface area contributed by atoms with Crippen LogP contribution in [0.25, 0.3) is 0 Å². The molecule has 0 fully saturated rings. The molecule has 1 N–H and O–H groups in total. The Morgan fingerprint density at radius 2 is 1.71 bits per heavy atom. The van der Waals surface area contributed by atoms with Gasteiger partial charge in [0, 0.05) is 0 Å². The third kappa shape index (κ3) is 3.62. The Morgan fingerprint density at radius 1 is 1.21 bits per heavy atom. The average Bonchev–Trinajstić information content (AvgIpc) is 2.02. The van der Waals surface area contributed by atoms with E-state index in [1.165, 1.54) is 24.3 Å². The monoisotopic (exact) mass is 254 g/mol. The Kier molecular flexibility index (Phi) is 3.48. The van der Waals surface area contributed by atoms with Crippen molar-refractivity contribution < 1.29 is 14.6 Å². The number of carboxylic acids is 1. The van der Waals surface area contributed by atoms with E-state index < -0.39 is 9.95 Å². The molecule has 0 heterocycles. The van der Waals surface area contributed by atoms with Crippen molar-refractivity contribution in [3.63, 3.8) is 0 Å². The van der Waals surface area contributed by atoms with Gasteiger partial charge in [0.2, 0.25) is 0 Å². The summed E-state index contributed by atoms with van der Waals surface area (Å²) in [6, 6.07) is 5.53. The molecule has 1 aromatic rings. The zero-order chi connectivity index (χ0) is 10.8. The van der Waals surface area contributed by atoms with E-state index in [1.54, 1.807) is 0 Å². The van der Waals surface area contributed by atoms with Crippen LogP contribution in [-0.4, -0.2) is 15.1 Å². The quantitative estimate of drug-likeness (QED) is 0.826. The fourth-order valence-electron chi connectivity index (χ4n) is 0.799. The van der Waals surface area contributed by atoms with Crippen LogP contribution in [0.2, 0.25) is 0 Å². The van der Waals surface area contributed by atoms with E-state index in [0.717, 1.165) is 0 Å². The minimum absolute atomic E-state index is 0.140. The number of hydrogen-bond donors (Lipinski definition) is 1. The maximum Gasteiger partial charge on any atom is 0.338 e. The Labute approximate surface area is 95.1 Å². The van der Waals surface area contributed by atoms with Crippen LogP contribution in [0.4, 0.5) is 0 Å². The standard InChI is InChI=1S/C8H5Cl3O3/c9-8(10,11)14-6-3-1-5(2-4-6)7(12)13/h1-4H,(H,12,13). The zero-order valence-electron chi connectivity index (χ0n) is 6.71. The van der Waals surface area contributed by atoms with Crippen molar-refractivity contribution in [3.05, 3.63) is 29.8 Å². The summed E-state index contributed by atoms with van der Waals surface area (Å²) >= 11 is 16.1. The van der Waals surface area contributed by atoms with Gasteiger partial charge in [-0.15, -0.1) is 0 Å². The SMILES string of the molecule is O=C(O)c1ccc(OC(Cl)(Cl)Cl)cc1. The van der Waals surface area contributed by atoms with Crippen molar-refractivity contribution in [3.8, 4) is 5.75 Å². The van der Waals surface area contributed by atoms with Gasteiger partial charge in [-0.3, -0.25) is 0 Å². The summed E-state index contributed by atoms with van der Waals surface area (Å²) in [7, 11) is 0. The lowest BCUT2D eigenvalue weighted by Gasteiger charge is -2.13. The zero-order valence-corrected chi connectivity index (χ0v) is 8.97. The van der Waals surface area contributed by atoms with Crippen molar-refractivity contribution in [2.24, 2.45) is 0 Å². The number of halogens is 3. The van der Waals surface area contributed by atoms with Crippen LogP contribution in [0.3, 0.4) is 0 Å². The highest BCUT2D eigenvalue weighted by molar-refractivity contribution is 6.66. The van der Waals surface area contributed by atoms with Gasteiger partial charge in [0.25, 0.3) is 0 Å². The van der Waals surface area contributed by atoms with Crippen molar-refractivity contribution in [1.82, 2.24) is 0 Å². The first-order valence-corrected chi connectivity index (χ1v) is 4.61. The number of aromatic carboxylic acids is 1. The molecular weight excluding hydrogens is 250 g/mol. The first-order valence-electron chi connectivity index (χ1n) is 3.47. The summed E-state index contributed by atoms with van der Waals surface area (Å²) in [6.45, 7) is 0. The topological polar surface area (TPSA) is 46.5 Å². The van der Waals surface area contributed by atoms with Gasteiger partial charge in [0.1, 0.15) is 5.75 Å². The van der Waals surface area contributed by atoms with E-state index in [4.69, 9.17) is 44.6 Å². The number of alkyl halides is 3. The number of carbonyl (C=O) groups is 1. The van der Waals surface area contributed by atoms with E-state index >= 15 is 0 Å². The van der Waals surface area contributed by atoms with Gasteiger partial charge < -0.3 is 9.84 Å². The van der Waals surface area contributed by atoms with Crippen LogP contribution in [0.5, 0.6) is 5.75 Å². The molecule has 0 aliphatic rings. The average molecular weight is 255 g/mol. The third-order valence-corrected chi connectivity index (χ3v) is 1.57. The van der Waals surface area contributed by atoms with Gasteiger partial charge in [0.15, 0.2) is 0 Å². The van der Waals surface area contributed by atoms with Crippen LogP contribution in [-0.2, 0) is 0 Å². The number of benzene rings is 1. The number of rotatable bonds is 2. The van der Waals surface area contributed by atoms with Crippen LogP contribution >= 0.6 is 34.8 Å². The van der Waals surface area contributed by atoms with E-state index in [9.17, 15) is 4.79 Å². The first-order chi connectivity index (χ1) is 6.38. The summed E-state index contributed by atoms with van der Waals surface area (Å²) in [6.07, 6.45) is 0. The van der Waals surface area contributed by atoms with Crippen LogP contribution in [0, 0.1) is 0 Å². The number of ether oxygens (including phenoxy) is 1. The largest absolute Gasteiger partial charge is 0.478 e. The third-order valence-electron chi connectivity index (χ3n) is 1.33. The molecule has 6 heteroatoms. The second-order valence-electron chi connectivity index (χ2n) is 2.38. The van der Waals surface area contributed by atoms with Gasteiger partial charge in [-0.2, -0.15) is 0 Å². The molecule has 0 saturated heterocycles. The molecule has 0 spiro atoms. The molecule has 3 nitrogen and oxygen atoms in total. The smallest absolute Gasteiger partial charge is 0.338 e. The maximum absolute atomic E-state index is 10.5.